The van der Waals surface area contributed by atoms with Crippen LogP contribution in [0.3, 0.4) is 0 Å². The lowest BCUT2D eigenvalue weighted by Crippen LogP contribution is -2.38. The number of methoxy groups -OCH3 is 3. The predicted molar refractivity (Wildman–Crippen MR) is 107 cm³/mol. The molecule has 11 heteroatoms. The predicted octanol–water partition coefficient (Wildman–Crippen LogP) is 1.98. The van der Waals surface area contributed by atoms with E-state index < -0.39 is 5.91 Å². The van der Waals surface area contributed by atoms with Crippen molar-refractivity contribution in [3.63, 3.8) is 0 Å². The number of thiocarbonyl (C=S) groups is 1. The minimum atomic E-state index is -0.429. The minimum absolute atomic E-state index is 0.106. The first-order valence-corrected chi connectivity index (χ1v) is 9.31. The van der Waals surface area contributed by atoms with Gasteiger partial charge >= 0.3 is 0 Å². The number of benzene rings is 1. The van der Waals surface area contributed by atoms with Crippen LogP contribution in [0.15, 0.2) is 17.3 Å². The highest BCUT2D eigenvalue weighted by atomic mass is 32.2. The van der Waals surface area contributed by atoms with Crippen molar-refractivity contribution < 1.29 is 19.0 Å². The Morgan fingerprint density at radius 2 is 1.81 bits per heavy atom. The van der Waals surface area contributed by atoms with Gasteiger partial charge in [0.2, 0.25) is 10.9 Å². The van der Waals surface area contributed by atoms with Gasteiger partial charge in [-0.15, -0.1) is 10.2 Å². The summed E-state index contributed by atoms with van der Waals surface area (Å²) in [5, 5.41) is 11.4. The molecular weight excluding hydrogens is 390 g/mol. The first-order valence-electron chi connectivity index (χ1n) is 7.92. The Morgan fingerprint density at radius 3 is 2.33 bits per heavy atom. The van der Waals surface area contributed by atoms with Gasteiger partial charge < -0.3 is 14.2 Å². The van der Waals surface area contributed by atoms with E-state index in [9.17, 15) is 4.79 Å². The molecule has 0 saturated carbocycles. The Morgan fingerprint density at radius 1 is 1.19 bits per heavy atom. The van der Waals surface area contributed by atoms with Crippen LogP contribution in [0.5, 0.6) is 17.2 Å². The van der Waals surface area contributed by atoms with Gasteiger partial charge in [-0.1, -0.05) is 18.7 Å². The number of aromatic nitrogens is 3. The van der Waals surface area contributed by atoms with E-state index in [4.69, 9.17) is 26.4 Å². The first-order chi connectivity index (χ1) is 12.9. The Hall–Kier alpha value is -2.53. The van der Waals surface area contributed by atoms with Gasteiger partial charge in [0.05, 0.1) is 21.3 Å². The van der Waals surface area contributed by atoms with Crippen molar-refractivity contribution >= 4 is 35.0 Å². The quantitative estimate of drug-likeness (QED) is 0.523. The third-order valence-corrected chi connectivity index (χ3v) is 4.44. The van der Waals surface area contributed by atoms with Crippen LogP contribution in [-0.4, -0.2) is 53.0 Å². The van der Waals surface area contributed by atoms with Crippen LogP contribution in [0.25, 0.3) is 0 Å². The molecule has 9 nitrogen and oxygen atoms in total. The van der Waals surface area contributed by atoms with Gasteiger partial charge in [-0.2, -0.15) is 0 Å². The zero-order chi connectivity index (χ0) is 20.0. The summed E-state index contributed by atoms with van der Waals surface area (Å²) in [6.07, 6.45) is 0. The Kier molecular flexibility index (Phi) is 7.25. The Bertz CT molecular complexity index is 815. The molecule has 0 radical (unpaired) electrons. The number of ether oxygens (including phenoxy) is 3. The molecular formula is C16H21N5O4S2. The third kappa shape index (κ3) is 4.80. The summed E-state index contributed by atoms with van der Waals surface area (Å²) in [5.74, 6) is 2.16. The van der Waals surface area contributed by atoms with E-state index in [2.05, 4.69) is 20.9 Å². The second-order valence-electron chi connectivity index (χ2n) is 5.11. The van der Waals surface area contributed by atoms with Gasteiger partial charge in [-0.3, -0.25) is 15.5 Å². The van der Waals surface area contributed by atoms with E-state index in [0.29, 0.717) is 33.8 Å². The molecule has 1 amide bonds. The molecule has 0 bridgehead atoms. The van der Waals surface area contributed by atoms with Crippen LogP contribution in [0, 0.1) is 6.92 Å². The number of thioether (sulfide) groups is 1. The van der Waals surface area contributed by atoms with Gasteiger partial charge in [-0.05, 0) is 37.0 Å². The fraction of sp³-hybridized carbons (Fsp3) is 0.375. The lowest BCUT2D eigenvalue weighted by Gasteiger charge is -2.15. The molecule has 2 rings (SSSR count). The van der Waals surface area contributed by atoms with Crippen molar-refractivity contribution in [2.75, 3.05) is 32.5 Å². The summed E-state index contributed by atoms with van der Waals surface area (Å²) in [6, 6.07) is 3.09. The molecule has 0 unspecified atom stereocenters. The summed E-state index contributed by atoms with van der Waals surface area (Å²) in [4.78, 5) is 12.6. The number of rotatable bonds is 7. The van der Waals surface area contributed by atoms with Gasteiger partial charge in [-0.25, -0.2) is 4.68 Å². The highest BCUT2D eigenvalue weighted by molar-refractivity contribution is 7.99. The van der Waals surface area contributed by atoms with Crippen molar-refractivity contribution in [2.24, 2.45) is 0 Å². The van der Waals surface area contributed by atoms with E-state index in [1.807, 2.05) is 6.92 Å². The second kappa shape index (κ2) is 9.42. The van der Waals surface area contributed by atoms with Crippen LogP contribution < -0.4 is 25.0 Å². The first kappa shape index (κ1) is 20.8. The second-order valence-corrected chi connectivity index (χ2v) is 6.75. The monoisotopic (exact) mass is 411 g/mol. The Balaban J connectivity index is 2.17. The molecule has 146 valence electrons. The highest BCUT2D eigenvalue weighted by Gasteiger charge is 2.18. The number of aryl methyl sites for hydroxylation is 1. The molecule has 2 N–H and O–H groups in total. The summed E-state index contributed by atoms with van der Waals surface area (Å²) in [5.41, 5.74) is 3.21. The molecule has 0 spiro atoms. The van der Waals surface area contributed by atoms with Crippen molar-refractivity contribution in [1.29, 1.82) is 0 Å². The van der Waals surface area contributed by atoms with Crippen molar-refractivity contribution in [1.82, 2.24) is 20.2 Å². The summed E-state index contributed by atoms with van der Waals surface area (Å²) >= 11 is 6.74. The lowest BCUT2D eigenvalue weighted by atomic mass is 10.1. The number of nitrogens with one attached hydrogen (secondary N) is 2. The number of amides is 1. The maximum absolute atomic E-state index is 12.6. The maximum Gasteiger partial charge on any atom is 0.257 e. The van der Waals surface area contributed by atoms with Gasteiger partial charge in [0, 0.05) is 5.56 Å². The average molecular weight is 412 g/mol. The standard InChI is InChI=1S/C16H21N5O4S2/c1-6-27-16-19-18-9(2)21(16)20-15(26)17-14(22)10-7-11(23-3)13(25-5)12(8-10)24-4/h7-8H,6H2,1-5H3,(H2,17,20,22,26). The molecule has 0 fully saturated rings. The zero-order valence-electron chi connectivity index (χ0n) is 15.7. The molecule has 27 heavy (non-hydrogen) atoms. The fourth-order valence-corrected chi connectivity index (χ4v) is 3.06. The van der Waals surface area contributed by atoms with Gasteiger partial charge in [0.25, 0.3) is 5.91 Å². The number of hydrogen-bond acceptors (Lipinski definition) is 8. The molecule has 2 aromatic rings. The van der Waals surface area contributed by atoms with Crippen molar-refractivity contribution in [3.8, 4) is 17.2 Å². The molecule has 0 aliphatic heterocycles. The molecule has 0 aliphatic carbocycles. The van der Waals surface area contributed by atoms with Crippen molar-refractivity contribution in [3.05, 3.63) is 23.5 Å². The van der Waals surface area contributed by atoms with E-state index in [0.717, 1.165) is 5.75 Å². The molecule has 0 saturated heterocycles. The van der Waals surface area contributed by atoms with E-state index in [-0.39, 0.29) is 5.11 Å². The zero-order valence-corrected chi connectivity index (χ0v) is 17.3. The SMILES string of the molecule is CCSc1nnc(C)n1NC(=S)NC(=O)c1cc(OC)c(OC)c(OC)c1. The highest BCUT2D eigenvalue weighted by Crippen LogP contribution is 2.38. The summed E-state index contributed by atoms with van der Waals surface area (Å²) in [7, 11) is 4.45. The van der Waals surface area contributed by atoms with Crippen molar-refractivity contribution in [2.45, 2.75) is 19.0 Å². The number of nitrogens with zero attached hydrogens (tertiary/aromatic N) is 3. The van der Waals surface area contributed by atoms with Crippen LogP contribution >= 0.6 is 24.0 Å². The summed E-state index contributed by atoms with van der Waals surface area (Å²) < 4.78 is 17.4. The van der Waals surface area contributed by atoms with E-state index >= 15 is 0 Å². The summed E-state index contributed by atoms with van der Waals surface area (Å²) in [6.45, 7) is 3.78. The molecule has 1 heterocycles. The molecule has 0 atom stereocenters. The smallest absolute Gasteiger partial charge is 0.257 e. The van der Waals surface area contributed by atoms with E-state index in [1.165, 1.54) is 33.1 Å². The normalized spacial score (nSPS) is 10.3. The number of hydrogen-bond donors (Lipinski definition) is 2. The minimum Gasteiger partial charge on any atom is -0.493 e. The van der Waals surface area contributed by atoms with Crippen LogP contribution in [0.4, 0.5) is 0 Å². The molecule has 1 aromatic carbocycles. The Labute approximate surface area is 166 Å². The third-order valence-electron chi connectivity index (χ3n) is 3.44. The van der Waals surface area contributed by atoms with Crippen LogP contribution in [0.1, 0.15) is 23.1 Å². The maximum atomic E-state index is 12.6. The molecule has 1 aromatic heterocycles. The average Bonchev–Trinajstić information content (AvgIpc) is 3.00. The fourth-order valence-electron chi connectivity index (χ4n) is 2.21. The number of carbonyl (C=O) groups excluding carboxylic acids is 1. The van der Waals surface area contributed by atoms with Gasteiger partial charge in [0.15, 0.2) is 16.6 Å². The lowest BCUT2D eigenvalue weighted by molar-refractivity contribution is 0.0976. The van der Waals surface area contributed by atoms with Crippen LogP contribution in [0.2, 0.25) is 0 Å². The van der Waals surface area contributed by atoms with Gasteiger partial charge in [0.1, 0.15) is 5.82 Å². The van der Waals surface area contributed by atoms with E-state index in [1.54, 1.807) is 23.7 Å². The number of carbonyl (C=O) groups is 1. The topological polar surface area (TPSA) is 99.5 Å². The van der Waals surface area contributed by atoms with Crippen LogP contribution in [-0.2, 0) is 0 Å². The largest absolute Gasteiger partial charge is 0.493 e. The molecule has 0 aliphatic rings.